The third-order valence-electron chi connectivity index (χ3n) is 5.27. The largest absolute Gasteiger partial charge is 0.462 e. The Kier molecular flexibility index (Phi) is 6.18. The highest BCUT2D eigenvalue weighted by molar-refractivity contribution is 6.21. The summed E-state index contributed by atoms with van der Waals surface area (Å²) in [5.74, 6) is -1.87. The molecule has 0 spiro atoms. The zero-order valence-electron chi connectivity index (χ0n) is 17.5. The lowest BCUT2D eigenvalue weighted by molar-refractivity contribution is 0.0495. The Morgan fingerprint density at radius 2 is 1.69 bits per heavy atom. The molecule has 4 rings (SSSR count). The highest BCUT2D eigenvalue weighted by atomic mass is 16.5. The van der Waals surface area contributed by atoms with Crippen molar-refractivity contribution in [3.05, 3.63) is 69.7 Å². The number of rotatable bonds is 9. The quantitative estimate of drug-likeness (QED) is 0.287. The summed E-state index contributed by atoms with van der Waals surface area (Å²) in [7, 11) is 1.55. The highest BCUT2D eigenvalue weighted by Gasteiger charge is 2.35. The van der Waals surface area contributed by atoms with Gasteiger partial charge in [-0.05, 0) is 43.2 Å². The van der Waals surface area contributed by atoms with Crippen LogP contribution in [0, 0.1) is 0 Å². The number of carbonyl (C=O) groups is 3. The molecule has 3 aromatic rings. The summed E-state index contributed by atoms with van der Waals surface area (Å²) in [6.45, 7) is 1.10. The molecule has 1 aliphatic rings. The van der Waals surface area contributed by atoms with Crippen molar-refractivity contribution in [1.29, 1.82) is 0 Å². The van der Waals surface area contributed by atoms with Crippen molar-refractivity contribution < 1.29 is 28.3 Å². The van der Waals surface area contributed by atoms with Crippen LogP contribution in [0.4, 0.5) is 0 Å². The van der Waals surface area contributed by atoms with E-state index in [0.29, 0.717) is 37.1 Å². The molecule has 0 aliphatic carbocycles. The molecule has 0 radical (unpaired) electrons. The average molecular weight is 438 g/mol. The van der Waals surface area contributed by atoms with E-state index in [2.05, 4.69) is 0 Å². The number of ether oxygens (including phenoxy) is 2. The van der Waals surface area contributed by atoms with Gasteiger partial charge in [0.25, 0.3) is 11.8 Å². The molecule has 0 atom stereocenters. The van der Waals surface area contributed by atoms with Crippen LogP contribution < -0.4 is 5.76 Å². The number of hydrogen-bond donors (Lipinski definition) is 0. The Bertz CT molecular complexity index is 1240. The van der Waals surface area contributed by atoms with Crippen LogP contribution in [-0.4, -0.2) is 54.1 Å². The summed E-state index contributed by atoms with van der Waals surface area (Å²) in [6.07, 6.45) is 0.941. The Hall–Kier alpha value is -3.72. The Balaban J connectivity index is 1.36. The highest BCUT2D eigenvalue weighted by Crippen LogP contribution is 2.24. The van der Waals surface area contributed by atoms with E-state index in [1.807, 2.05) is 6.07 Å². The van der Waals surface area contributed by atoms with Crippen LogP contribution >= 0.6 is 0 Å². The summed E-state index contributed by atoms with van der Waals surface area (Å²) in [4.78, 5) is 50.6. The summed E-state index contributed by atoms with van der Waals surface area (Å²) in [5, 5.41) is 0. The van der Waals surface area contributed by atoms with Gasteiger partial charge in [-0.25, -0.2) is 9.59 Å². The number of nitrogens with zero attached hydrogens (tertiary/aromatic N) is 2. The van der Waals surface area contributed by atoms with Crippen LogP contribution in [0.5, 0.6) is 0 Å². The molecular formula is C23H22N2O7. The number of aryl methyl sites for hydroxylation is 1. The fraction of sp³-hybridized carbons (Fsp3) is 0.304. The van der Waals surface area contributed by atoms with Crippen LogP contribution in [0.1, 0.15) is 43.9 Å². The molecule has 9 nitrogen and oxygen atoms in total. The molecule has 0 fully saturated rings. The van der Waals surface area contributed by atoms with Crippen LogP contribution in [0.25, 0.3) is 11.1 Å². The standard InChI is InChI=1S/C23H22N2O7/c1-30-12-4-11-25-20(26)16-9-8-15(14-17(16)21(25)27)22(28)31-13-5-10-24-18-6-2-3-7-19(18)32-23(24)29/h2-3,6-9,14H,4-5,10-13H2,1H3. The smallest absolute Gasteiger partial charge is 0.419 e. The van der Waals surface area contributed by atoms with E-state index in [0.717, 1.165) is 4.90 Å². The van der Waals surface area contributed by atoms with Crippen molar-refractivity contribution >= 4 is 28.9 Å². The number of hydrogen-bond acceptors (Lipinski definition) is 7. The maximum absolute atomic E-state index is 12.6. The lowest BCUT2D eigenvalue weighted by Crippen LogP contribution is -2.31. The van der Waals surface area contributed by atoms with Gasteiger partial charge in [-0.1, -0.05) is 12.1 Å². The SMILES string of the molecule is COCCCN1C(=O)c2ccc(C(=O)OCCCn3c(=O)oc4ccccc43)cc2C1=O. The first-order valence-corrected chi connectivity index (χ1v) is 10.3. The zero-order valence-corrected chi connectivity index (χ0v) is 17.5. The number of imide groups is 1. The van der Waals surface area contributed by atoms with Crippen molar-refractivity contribution in [1.82, 2.24) is 9.47 Å². The molecule has 0 saturated heterocycles. The Morgan fingerprint density at radius 1 is 0.938 bits per heavy atom. The van der Waals surface area contributed by atoms with Gasteiger partial charge in [-0.15, -0.1) is 0 Å². The summed E-state index contributed by atoms with van der Waals surface area (Å²) >= 11 is 0. The van der Waals surface area contributed by atoms with Gasteiger partial charge < -0.3 is 13.9 Å². The summed E-state index contributed by atoms with van der Waals surface area (Å²) < 4.78 is 16.9. The number of benzene rings is 2. The van der Waals surface area contributed by atoms with Gasteiger partial charge in [0, 0.05) is 26.8 Å². The van der Waals surface area contributed by atoms with Gasteiger partial charge in [0.15, 0.2) is 5.58 Å². The van der Waals surface area contributed by atoms with Crippen molar-refractivity contribution in [3.8, 4) is 0 Å². The van der Waals surface area contributed by atoms with E-state index in [9.17, 15) is 19.2 Å². The lowest BCUT2D eigenvalue weighted by Gasteiger charge is -2.12. The minimum Gasteiger partial charge on any atom is -0.462 e. The maximum atomic E-state index is 12.6. The van der Waals surface area contributed by atoms with Gasteiger partial charge in [0.1, 0.15) is 0 Å². The van der Waals surface area contributed by atoms with E-state index in [1.165, 1.54) is 22.8 Å². The zero-order chi connectivity index (χ0) is 22.7. The van der Waals surface area contributed by atoms with Crippen LogP contribution in [0.15, 0.2) is 51.7 Å². The summed E-state index contributed by atoms with van der Waals surface area (Å²) in [5.41, 5.74) is 1.84. The third kappa shape index (κ3) is 4.06. The molecule has 2 heterocycles. The molecule has 1 aromatic heterocycles. The van der Waals surface area contributed by atoms with E-state index >= 15 is 0 Å². The molecule has 9 heteroatoms. The summed E-state index contributed by atoms with van der Waals surface area (Å²) in [6, 6.07) is 11.4. The first kappa shape index (κ1) is 21.5. The topological polar surface area (TPSA) is 108 Å². The average Bonchev–Trinajstić information content (AvgIpc) is 3.24. The van der Waals surface area contributed by atoms with Crippen molar-refractivity contribution in [2.45, 2.75) is 19.4 Å². The molecule has 2 amide bonds. The minimum absolute atomic E-state index is 0.0812. The van der Waals surface area contributed by atoms with Crippen molar-refractivity contribution in [3.63, 3.8) is 0 Å². The van der Waals surface area contributed by atoms with E-state index in [4.69, 9.17) is 13.9 Å². The first-order valence-electron chi connectivity index (χ1n) is 10.3. The van der Waals surface area contributed by atoms with Crippen LogP contribution in [0.3, 0.4) is 0 Å². The number of aromatic nitrogens is 1. The number of amides is 2. The second-order valence-corrected chi connectivity index (χ2v) is 7.35. The predicted octanol–water partition coefficient (Wildman–Crippen LogP) is 2.47. The predicted molar refractivity (Wildman–Crippen MR) is 114 cm³/mol. The fourth-order valence-corrected chi connectivity index (χ4v) is 3.68. The number of para-hydroxylation sites is 2. The maximum Gasteiger partial charge on any atom is 0.419 e. The third-order valence-corrected chi connectivity index (χ3v) is 5.27. The molecule has 0 unspecified atom stereocenters. The van der Waals surface area contributed by atoms with Gasteiger partial charge in [-0.2, -0.15) is 0 Å². The first-order chi connectivity index (χ1) is 15.5. The fourth-order valence-electron chi connectivity index (χ4n) is 3.68. The lowest BCUT2D eigenvalue weighted by atomic mass is 10.1. The Morgan fingerprint density at radius 3 is 2.50 bits per heavy atom. The van der Waals surface area contributed by atoms with Gasteiger partial charge >= 0.3 is 11.7 Å². The molecule has 2 aromatic carbocycles. The molecule has 0 saturated carbocycles. The van der Waals surface area contributed by atoms with Crippen molar-refractivity contribution in [2.75, 3.05) is 26.9 Å². The monoisotopic (exact) mass is 438 g/mol. The van der Waals surface area contributed by atoms with E-state index in [-0.39, 0.29) is 35.7 Å². The van der Waals surface area contributed by atoms with Gasteiger partial charge in [0.2, 0.25) is 0 Å². The minimum atomic E-state index is -0.602. The van der Waals surface area contributed by atoms with Crippen LogP contribution in [-0.2, 0) is 16.0 Å². The van der Waals surface area contributed by atoms with E-state index in [1.54, 1.807) is 25.3 Å². The number of methoxy groups -OCH3 is 1. The molecular weight excluding hydrogens is 416 g/mol. The molecule has 32 heavy (non-hydrogen) atoms. The number of fused-ring (bicyclic) bond motifs is 2. The van der Waals surface area contributed by atoms with E-state index < -0.39 is 17.6 Å². The van der Waals surface area contributed by atoms with Crippen LogP contribution in [0.2, 0.25) is 0 Å². The second-order valence-electron chi connectivity index (χ2n) is 7.35. The molecule has 0 N–H and O–H groups in total. The normalized spacial score (nSPS) is 13.1. The number of esters is 1. The van der Waals surface area contributed by atoms with Crippen molar-refractivity contribution in [2.24, 2.45) is 0 Å². The van der Waals surface area contributed by atoms with Gasteiger partial charge in [0.05, 0.1) is 28.8 Å². The number of carbonyl (C=O) groups excluding carboxylic acids is 3. The molecule has 0 bridgehead atoms. The molecule has 166 valence electrons. The number of oxazole rings is 1. The van der Waals surface area contributed by atoms with Gasteiger partial charge in [-0.3, -0.25) is 19.1 Å². The Labute approximate surface area is 183 Å². The second kappa shape index (κ2) is 9.19. The molecule has 1 aliphatic heterocycles.